The van der Waals surface area contributed by atoms with E-state index in [4.69, 9.17) is 49.0 Å². The minimum atomic E-state index is -0.488. The van der Waals surface area contributed by atoms with Crippen molar-refractivity contribution in [3.05, 3.63) is 57.6 Å². The van der Waals surface area contributed by atoms with Crippen LogP contribution in [0, 0.1) is 0 Å². The van der Waals surface area contributed by atoms with E-state index in [1.807, 2.05) is 43.3 Å². The van der Waals surface area contributed by atoms with Crippen LogP contribution >= 0.6 is 34.8 Å². The van der Waals surface area contributed by atoms with Gasteiger partial charge in [-0.1, -0.05) is 56.1 Å². The van der Waals surface area contributed by atoms with E-state index < -0.39 is 6.10 Å². The molecule has 0 aromatic heterocycles. The summed E-state index contributed by atoms with van der Waals surface area (Å²) in [6.07, 6.45) is 0.388. The molecule has 0 unspecified atom stereocenters. The van der Waals surface area contributed by atoms with Gasteiger partial charge < -0.3 is 14.2 Å². The van der Waals surface area contributed by atoms with Gasteiger partial charge in [-0.3, -0.25) is 4.79 Å². The summed E-state index contributed by atoms with van der Waals surface area (Å²) < 4.78 is 16.5. The van der Waals surface area contributed by atoms with Crippen molar-refractivity contribution >= 4 is 40.8 Å². The van der Waals surface area contributed by atoms with Gasteiger partial charge in [-0.25, -0.2) is 0 Å². The van der Waals surface area contributed by atoms with Gasteiger partial charge in [-0.15, -0.1) is 11.6 Å². The third-order valence-corrected chi connectivity index (χ3v) is 5.59. The number of esters is 1. The van der Waals surface area contributed by atoms with Crippen LogP contribution in [0.15, 0.2) is 36.4 Å². The number of benzene rings is 2. The van der Waals surface area contributed by atoms with Crippen LogP contribution in [0.3, 0.4) is 0 Å². The zero-order chi connectivity index (χ0) is 22.3. The van der Waals surface area contributed by atoms with Crippen molar-refractivity contribution in [2.75, 3.05) is 19.1 Å². The van der Waals surface area contributed by atoms with Crippen molar-refractivity contribution < 1.29 is 19.0 Å². The molecule has 0 radical (unpaired) electrons. The molecule has 0 spiro atoms. The molecule has 164 valence electrons. The monoisotopic (exact) mass is 472 g/mol. The maximum atomic E-state index is 11.1. The second-order valence-electron chi connectivity index (χ2n) is 7.46. The molecule has 2 rings (SSSR count). The van der Waals surface area contributed by atoms with Gasteiger partial charge in [0.1, 0.15) is 18.5 Å². The van der Waals surface area contributed by atoms with E-state index in [9.17, 15) is 4.79 Å². The highest BCUT2D eigenvalue weighted by atomic mass is 35.5. The zero-order valence-electron chi connectivity index (χ0n) is 17.6. The molecule has 0 N–H and O–H groups in total. The molecule has 7 heteroatoms. The summed E-state index contributed by atoms with van der Waals surface area (Å²) in [5.74, 6) is 0.968. The van der Waals surface area contributed by atoms with Crippen molar-refractivity contribution in [3.8, 4) is 11.5 Å². The highest BCUT2D eigenvalue weighted by molar-refractivity contribution is 6.37. The lowest BCUT2D eigenvalue weighted by molar-refractivity contribution is -0.146. The molecule has 2 aromatic rings. The Morgan fingerprint density at radius 1 is 1.03 bits per heavy atom. The lowest BCUT2D eigenvalue weighted by atomic mass is 9.78. The molecule has 0 heterocycles. The number of hydrogen-bond donors (Lipinski definition) is 0. The fourth-order valence-corrected chi connectivity index (χ4v) is 3.68. The Morgan fingerprint density at radius 2 is 1.63 bits per heavy atom. The third-order valence-electron chi connectivity index (χ3n) is 4.69. The fraction of sp³-hybridized carbons (Fsp3) is 0.435. The first kappa shape index (κ1) is 24.6. The Kier molecular flexibility index (Phi) is 9.14. The number of hydrogen-bond acceptors (Lipinski definition) is 4. The van der Waals surface area contributed by atoms with E-state index in [1.165, 1.54) is 6.92 Å². The maximum absolute atomic E-state index is 11.1. The van der Waals surface area contributed by atoms with Crippen LogP contribution in [0.5, 0.6) is 11.5 Å². The van der Waals surface area contributed by atoms with E-state index in [0.717, 1.165) is 17.5 Å². The van der Waals surface area contributed by atoms with Crippen molar-refractivity contribution in [2.24, 2.45) is 0 Å². The van der Waals surface area contributed by atoms with E-state index in [0.29, 0.717) is 28.2 Å². The van der Waals surface area contributed by atoms with Crippen LogP contribution in [0.2, 0.25) is 10.0 Å². The molecule has 0 amide bonds. The first-order valence-corrected chi connectivity index (χ1v) is 11.1. The van der Waals surface area contributed by atoms with Crippen LogP contribution in [0.1, 0.15) is 45.2 Å². The number of carbonyl (C=O) groups is 1. The van der Waals surface area contributed by atoms with Gasteiger partial charge in [0.05, 0.1) is 22.5 Å². The Hall–Kier alpha value is -1.62. The second-order valence-corrected chi connectivity index (χ2v) is 8.59. The maximum Gasteiger partial charge on any atom is 0.303 e. The topological polar surface area (TPSA) is 44.8 Å². The van der Waals surface area contributed by atoms with Crippen molar-refractivity contribution in [1.82, 2.24) is 0 Å². The molecule has 0 fully saturated rings. The highest BCUT2D eigenvalue weighted by Gasteiger charge is 2.25. The van der Waals surface area contributed by atoms with Crippen LogP contribution < -0.4 is 9.47 Å². The van der Waals surface area contributed by atoms with E-state index >= 15 is 0 Å². The van der Waals surface area contributed by atoms with Crippen LogP contribution in [0.25, 0.3) is 0 Å². The number of ether oxygens (including phenoxy) is 3. The Bertz CT molecular complexity index is 827. The summed E-state index contributed by atoms with van der Waals surface area (Å²) in [7, 11) is 0. The third kappa shape index (κ3) is 6.44. The van der Waals surface area contributed by atoms with Crippen molar-refractivity contribution in [2.45, 2.75) is 45.6 Å². The smallest absolute Gasteiger partial charge is 0.303 e. The largest absolute Gasteiger partial charge is 0.490 e. The number of rotatable bonds is 10. The summed E-state index contributed by atoms with van der Waals surface area (Å²) in [6.45, 7) is 8.32. The quantitative estimate of drug-likeness (QED) is 0.286. The summed E-state index contributed by atoms with van der Waals surface area (Å²) in [5.41, 5.74) is 1.70. The number of halogens is 3. The minimum absolute atomic E-state index is 0.171. The van der Waals surface area contributed by atoms with Gasteiger partial charge in [0.25, 0.3) is 0 Å². The molecule has 0 aliphatic rings. The molecule has 0 saturated carbocycles. The van der Waals surface area contributed by atoms with E-state index in [-0.39, 0.29) is 23.9 Å². The van der Waals surface area contributed by atoms with Gasteiger partial charge in [0.2, 0.25) is 0 Å². The molecular formula is C23H27Cl3O4. The lowest BCUT2D eigenvalue weighted by Crippen LogP contribution is -2.25. The molecule has 0 aliphatic carbocycles. The Morgan fingerprint density at radius 3 is 2.13 bits per heavy atom. The van der Waals surface area contributed by atoms with Gasteiger partial charge in [0, 0.05) is 12.3 Å². The van der Waals surface area contributed by atoms with E-state index in [2.05, 4.69) is 13.8 Å². The van der Waals surface area contributed by atoms with Gasteiger partial charge in [-0.05, 0) is 41.8 Å². The van der Waals surface area contributed by atoms with Crippen LogP contribution in [0.4, 0.5) is 0 Å². The minimum Gasteiger partial charge on any atom is -0.490 e. The molecule has 2 aromatic carbocycles. The average Bonchev–Trinajstić information content (AvgIpc) is 2.70. The SMILES string of the molecule is CCCOc1c(Cl)cc(C(C)(C)c2ccc(OC[C@H](CCl)OC(C)=O)cc2)cc1Cl. The molecule has 1 atom stereocenters. The summed E-state index contributed by atoms with van der Waals surface area (Å²) in [6, 6.07) is 11.5. The lowest BCUT2D eigenvalue weighted by Gasteiger charge is -2.27. The molecular weight excluding hydrogens is 447 g/mol. The Labute approximate surface area is 193 Å². The second kappa shape index (κ2) is 11.1. The first-order valence-electron chi connectivity index (χ1n) is 9.77. The highest BCUT2D eigenvalue weighted by Crippen LogP contribution is 2.40. The summed E-state index contributed by atoms with van der Waals surface area (Å²) in [5, 5.41) is 0.994. The summed E-state index contributed by atoms with van der Waals surface area (Å²) >= 11 is 18.7. The zero-order valence-corrected chi connectivity index (χ0v) is 19.9. The fourth-order valence-electron chi connectivity index (χ4n) is 2.93. The number of carbonyl (C=O) groups excluding carboxylic acids is 1. The van der Waals surface area contributed by atoms with Gasteiger partial charge in [-0.2, -0.15) is 0 Å². The molecule has 0 aliphatic heterocycles. The van der Waals surface area contributed by atoms with Crippen LogP contribution in [-0.4, -0.2) is 31.2 Å². The molecule has 0 saturated heterocycles. The molecule has 0 bridgehead atoms. The predicted molar refractivity (Wildman–Crippen MR) is 123 cm³/mol. The van der Waals surface area contributed by atoms with Crippen LogP contribution in [-0.2, 0) is 14.9 Å². The molecule has 4 nitrogen and oxygen atoms in total. The Balaban J connectivity index is 2.15. The molecule has 30 heavy (non-hydrogen) atoms. The normalized spacial score (nSPS) is 12.4. The summed E-state index contributed by atoms with van der Waals surface area (Å²) in [4.78, 5) is 11.1. The standard InChI is InChI=1S/C23H27Cl3O4/c1-5-10-28-22-20(25)11-17(12-21(22)26)23(3,4)16-6-8-18(9-7-16)29-14-19(13-24)30-15(2)27/h6-9,11-12,19H,5,10,13-14H2,1-4H3/t19-/m0/s1. The van der Waals surface area contributed by atoms with Gasteiger partial charge >= 0.3 is 5.97 Å². The predicted octanol–water partition coefficient (Wildman–Crippen LogP) is 6.66. The first-order chi connectivity index (χ1) is 14.2. The van der Waals surface area contributed by atoms with Gasteiger partial charge in [0.15, 0.2) is 5.75 Å². The van der Waals surface area contributed by atoms with Crippen molar-refractivity contribution in [1.29, 1.82) is 0 Å². The average molecular weight is 474 g/mol. The van der Waals surface area contributed by atoms with E-state index in [1.54, 1.807) is 0 Å². The van der Waals surface area contributed by atoms with Crippen molar-refractivity contribution in [3.63, 3.8) is 0 Å². The number of alkyl halides is 1.